The summed E-state index contributed by atoms with van der Waals surface area (Å²) in [5, 5.41) is 14.5. The summed E-state index contributed by atoms with van der Waals surface area (Å²) < 4.78 is 12.4. The first-order valence-corrected chi connectivity index (χ1v) is 17.6. The number of carbonyl (C=O) groups is 1. The van der Waals surface area contributed by atoms with Crippen molar-refractivity contribution in [3.8, 4) is 22.8 Å². The van der Waals surface area contributed by atoms with Gasteiger partial charge in [-0.1, -0.05) is 110 Å². The van der Waals surface area contributed by atoms with E-state index in [1.807, 2.05) is 90.2 Å². The van der Waals surface area contributed by atoms with E-state index in [1.165, 1.54) is 17.0 Å². The van der Waals surface area contributed by atoms with Gasteiger partial charge >= 0.3 is 0 Å². The average molecular weight is 849 g/mol. The molecule has 0 aliphatic carbocycles. The Kier molecular flexibility index (Phi) is 12.0. The molecule has 0 saturated carbocycles. The number of hydrogen-bond acceptors (Lipinski definition) is 5. The molecule has 3 aromatic carbocycles. The van der Waals surface area contributed by atoms with Crippen molar-refractivity contribution in [1.29, 1.82) is 0 Å². The Bertz CT molecular complexity index is 2090. The molecule has 1 radical (unpaired) electrons. The number of aliphatic hydroxyl groups is 1. The third-order valence-electron chi connectivity index (χ3n) is 10.5. The molecule has 0 spiro atoms. The molecule has 6 rings (SSSR count). The van der Waals surface area contributed by atoms with Crippen LogP contribution in [0.3, 0.4) is 0 Å². The van der Waals surface area contributed by atoms with Crippen molar-refractivity contribution >= 4 is 38.5 Å². The van der Waals surface area contributed by atoms with E-state index in [1.54, 1.807) is 0 Å². The summed E-state index contributed by atoms with van der Waals surface area (Å²) in [6.07, 6.45) is 6.58. The fourth-order valence-corrected chi connectivity index (χ4v) is 6.04. The smallest absolute Gasteiger partial charge is 0.170 e. The van der Waals surface area contributed by atoms with Crippen LogP contribution in [0, 0.1) is 16.9 Å². The topological polar surface area (TPSA) is 76.5 Å². The van der Waals surface area contributed by atoms with E-state index in [-0.39, 0.29) is 47.9 Å². The van der Waals surface area contributed by atoms with Gasteiger partial charge < -0.3 is 13.9 Å². The second-order valence-corrected chi connectivity index (χ2v) is 14.7. The van der Waals surface area contributed by atoms with Gasteiger partial charge in [0, 0.05) is 59.7 Å². The van der Waals surface area contributed by atoms with Crippen molar-refractivity contribution < 1.29 is 38.8 Å². The normalized spacial score (nSPS) is 12.5. The van der Waals surface area contributed by atoms with Gasteiger partial charge in [0.1, 0.15) is 16.9 Å². The maximum Gasteiger partial charge on any atom is 0.170 e. The number of pyridine rings is 1. The van der Waals surface area contributed by atoms with Crippen molar-refractivity contribution in [2.24, 2.45) is 10.8 Å². The van der Waals surface area contributed by atoms with Crippen molar-refractivity contribution in [3.05, 3.63) is 102 Å². The van der Waals surface area contributed by atoms with Crippen LogP contribution in [0.25, 0.3) is 55.5 Å². The first-order valence-electron chi connectivity index (χ1n) is 17.6. The maximum absolute atomic E-state index is 12.2. The number of furan rings is 2. The second kappa shape index (κ2) is 15.5. The van der Waals surface area contributed by atoms with Gasteiger partial charge in [-0.05, 0) is 55.4 Å². The van der Waals surface area contributed by atoms with Crippen molar-refractivity contribution in [2.45, 2.75) is 93.4 Å². The molecule has 0 bridgehead atoms. The first kappa shape index (κ1) is 38.8. The summed E-state index contributed by atoms with van der Waals surface area (Å²) in [6, 6.07) is 28.2. The molecule has 50 heavy (non-hydrogen) atoms. The van der Waals surface area contributed by atoms with Crippen LogP contribution in [0.1, 0.15) is 93.6 Å². The summed E-state index contributed by atoms with van der Waals surface area (Å²) in [7, 11) is 0. The minimum absolute atomic E-state index is 0. The standard InChI is InChI=1S/C29H22NO2.C15H28O2.Ir/c1-29(2,3)23-15-21(14-18-8-4-6-10-22(18)23)27-28-20(12-13-30-27)17-26(32-28)25-16-19-9-5-7-11-24(19)31-25;1-7-14(5,8-2)12(16)11-13(17)15(6,9-3)10-4;/h4-13,15-17H,1-3H3;11,16H,7-10H2,1-6H3;/q-1;;/b;12-11-;. The Morgan fingerprint density at radius 2 is 1.38 bits per heavy atom. The van der Waals surface area contributed by atoms with Gasteiger partial charge in [-0.15, -0.1) is 29.1 Å². The molecule has 0 saturated heterocycles. The predicted molar refractivity (Wildman–Crippen MR) is 203 cm³/mol. The Hall–Kier alpha value is -3.99. The van der Waals surface area contributed by atoms with Crippen molar-refractivity contribution in [2.75, 3.05) is 0 Å². The minimum Gasteiger partial charge on any atom is -0.512 e. The fraction of sp³-hybridized carbons (Fsp3) is 0.364. The Morgan fingerprint density at radius 3 is 2.02 bits per heavy atom. The molecular weight excluding hydrogens is 799 g/mol. The Morgan fingerprint density at radius 1 is 0.780 bits per heavy atom. The number of allylic oxidation sites excluding steroid dienone is 2. The maximum atomic E-state index is 12.2. The molecule has 0 aliphatic heterocycles. The molecular formula is C44H50IrNO4-. The van der Waals surface area contributed by atoms with Crippen LogP contribution < -0.4 is 0 Å². The fourth-order valence-electron chi connectivity index (χ4n) is 6.04. The molecule has 265 valence electrons. The molecule has 0 aliphatic rings. The quantitative estimate of drug-likeness (QED) is 0.0891. The van der Waals surface area contributed by atoms with Crippen molar-refractivity contribution in [3.63, 3.8) is 0 Å². The van der Waals surface area contributed by atoms with Gasteiger partial charge in [-0.25, -0.2) is 0 Å². The minimum atomic E-state index is -0.337. The molecule has 0 unspecified atom stereocenters. The van der Waals surface area contributed by atoms with Crippen LogP contribution in [0.5, 0.6) is 0 Å². The summed E-state index contributed by atoms with van der Waals surface area (Å²) in [5.74, 6) is 1.70. The van der Waals surface area contributed by atoms with E-state index in [4.69, 9.17) is 13.8 Å². The molecule has 6 aromatic rings. The second-order valence-electron chi connectivity index (χ2n) is 14.7. The molecule has 0 amide bonds. The molecule has 0 fully saturated rings. The number of hydrogen-bond donors (Lipinski definition) is 1. The number of para-hydroxylation sites is 1. The van der Waals surface area contributed by atoms with E-state index in [0.29, 0.717) is 11.5 Å². The third kappa shape index (κ3) is 7.82. The Labute approximate surface area is 310 Å². The molecule has 6 heteroatoms. The molecule has 0 atom stereocenters. The van der Waals surface area contributed by atoms with Crippen molar-refractivity contribution in [1.82, 2.24) is 4.98 Å². The number of fused-ring (bicyclic) bond motifs is 3. The number of rotatable bonds is 9. The van der Waals surface area contributed by atoms with Crippen LogP contribution in [0.4, 0.5) is 0 Å². The number of carbonyl (C=O) groups excluding carboxylic acids is 1. The van der Waals surface area contributed by atoms with Crippen LogP contribution in [0.2, 0.25) is 0 Å². The van der Waals surface area contributed by atoms with Gasteiger partial charge in [0.15, 0.2) is 17.3 Å². The zero-order chi connectivity index (χ0) is 35.6. The summed E-state index contributed by atoms with van der Waals surface area (Å²) in [5.41, 5.74) is 3.97. The molecule has 1 N–H and O–H groups in total. The van der Waals surface area contributed by atoms with Gasteiger partial charge in [-0.2, -0.15) is 0 Å². The van der Waals surface area contributed by atoms with Gasteiger partial charge in [-0.3, -0.25) is 9.78 Å². The van der Waals surface area contributed by atoms with Gasteiger partial charge in [0.05, 0.1) is 0 Å². The third-order valence-corrected chi connectivity index (χ3v) is 10.5. The van der Waals surface area contributed by atoms with Crippen LogP contribution >= 0.6 is 0 Å². The van der Waals surface area contributed by atoms with Crippen LogP contribution in [-0.2, 0) is 30.3 Å². The van der Waals surface area contributed by atoms with Crippen LogP contribution in [0.15, 0.2) is 99.7 Å². The molecule has 5 nitrogen and oxygen atoms in total. The predicted octanol–water partition coefficient (Wildman–Crippen LogP) is 12.8. The Balaban J connectivity index is 0.000000269. The zero-order valence-electron chi connectivity index (χ0n) is 30.9. The monoisotopic (exact) mass is 849 g/mol. The van der Waals surface area contributed by atoms with E-state index in [2.05, 4.69) is 57.2 Å². The summed E-state index contributed by atoms with van der Waals surface area (Å²) in [6.45, 7) is 18.8. The molecule has 3 heterocycles. The summed E-state index contributed by atoms with van der Waals surface area (Å²) >= 11 is 0. The SMILES string of the molecule is CC(C)(C)c1cc(-c2nccc3cc(-c4cc5ccccc5o4)oc23)[c-]c2ccccc12.CCC(C)(CC)C(=O)/C=C(\O)C(C)(CC)CC.[Ir]. The summed E-state index contributed by atoms with van der Waals surface area (Å²) in [4.78, 5) is 16.9. The number of ketones is 1. The van der Waals surface area contributed by atoms with E-state index < -0.39 is 0 Å². The first-order chi connectivity index (χ1) is 23.3. The molecule has 3 aromatic heterocycles. The van der Waals surface area contributed by atoms with Crippen LogP contribution in [-0.4, -0.2) is 15.9 Å². The average Bonchev–Trinajstić information content (AvgIpc) is 3.75. The number of nitrogens with zero attached hydrogens (tertiary/aromatic N) is 1. The number of aliphatic hydroxyl groups excluding tert-OH is 1. The van der Waals surface area contributed by atoms with E-state index in [0.717, 1.165) is 64.3 Å². The van der Waals surface area contributed by atoms with Gasteiger partial charge in [0.25, 0.3) is 0 Å². The van der Waals surface area contributed by atoms with E-state index in [9.17, 15) is 9.90 Å². The largest absolute Gasteiger partial charge is 0.512 e. The van der Waals surface area contributed by atoms with Gasteiger partial charge in [0.2, 0.25) is 0 Å². The number of aromatic nitrogens is 1. The zero-order valence-corrected chi connectivity index (χ0v) is 33.3. The van der Waals surface area contributed by atoms with E-state index >= 15 is 0 Å². The number of benzene rings is 3.